The second-order valence-corrected chi connectivity index (χ2v) is 4.88. The zero-order chi connectivity index (χ0) is 11.7. The minimum atomic E-state index is 0.405. The van der Waals surface area contributed by atoms with Crippen molar-refractivity contribution in [1.82, 2.24) is 0 Å². The minimum Gasteiger partial charge on any atom is -0.378 e. The summed E-state index contributed by atoms with van der Waals surface area (Å²) in [7, 11) is 0. The summed E-state index contributed by atoms with van der Waals surface area (Å²) in [6.07, 6.45) is 2.27. The van der Waals surface area contributed by atoms with Crippen molar-refractivity contribution in [2.24, 2.45) is 0 Å². The Morgan fingerprint density at radius 2 is 1.76 bits per heavy atom. The highest BCUT2D eigenvalue weighted by Crippen LogP contribution is 2.32. The maximum Gasteiger partial charge on any atom is 0.0517 e. The smallest absolute Gasteiger partial charge is 0.0517 e. The van der Waals surface area contributed by atoms with Gasteiger partial charge in [-0.05, 0) is 42.2 Å². The summed E-state index contributed by atoms with van der Waals surface area (Å²) >= 11 is 5.91. The summed E-state index contributed by atoms with van der Waals surface area (Å²) in [5.74, 6) is 0. The van der Waals surface area contributed by atoms with Gasteiger partial charge in [0.1, 0.15) is 0 Å². The van der Waals surface area contributed by atoms with Gasteiger partial charge in [-0.25, -0.2) is 0 Å². The molecule has 1 heterocycles. The molecule has 0 fully saturated rings. The molecule has 1 unspecified atom stereocenters. The summed E-state index contributed by atoms with van der Waals surface area (Å²) in [5, 5.41) is 4.39. The van der Waals surface area contributed by atoms with Crippen molar-refractivity contribution in [3.05, 3.63) is 64.7 Å². The van der Waals surface area contributed by atoms with E-state index in [4.69, 9.17) is 11.6 Å². The molecule has 0 amide bonds. The molecule has 2 aromatic carbocycles. The van der Waals surface area contributed by atoms with Crippen LogP contribution in [0.1, 0.15) is 23.6 Å². The van der Waals surface area contributed by atoms with Crippen molar-refractivity contribution in [2.75, 3.05) is 5.32 Å². The zero-order valence-corrected chi connectivity index (χ0v) is 10.2. The quantitative estimate of drug-likeness (QED) is 0.781. The Hall–Kier alpha value is -1.47. The third-order valence-corrected chi connectivity index (χ3v) is 3.57. The van der Waals surface area contributed by atoms with Crippen LogP contribution >= 0.6 is 11.6 Å². The number of para-hydroxylation sites is 1. The van der Waals surface area contributed by atoms with Crippen molar-refractivity contribution < 1.29 is 0 Å². The van der Waals surface area contributed by atoms with Gasteiger partial charge in [-0.1, -0.05) is 41.9 Å². The molecule has 2 aromatic rings. The number of halogens is 1. The standard InChI is InChI=1S/C15H14ClN/c16-13-8-5-12(6-9-13)15-10-7-11-3-1-2-4-14(11)17-15/h1-6,8-9,15,17H,7,10H2. The Morgan fingerprint density at radius 1 is 1.00 bits per heavy atom. The van der Waals surface area contributed by atoms with E-state index in [2.05, 4.69) is 41.7 Å². The van der Waals surface area contributed by atoms with E-state index >= 15 is 0 Å². The van der Waals surface area contributed by atoms with Gasteiger partial charge in [0.05, 0.1) is 6.04 Å². The van der Waals surface area contributed by atoms with Gasteiger partial charge in [0.25, 0.3) is 0 Å². The first kappa shape index (κ1) is 10.7. The van der Waals surface area contributed by atoms with Gasteiger partial charge in [0.15, 0.2) is 0 Å². The van der Waals surface area contributed by atoms with Crippen molar-refractivity contribution >= 4 is 17.3 Å². The first-order valence-corrected chi connectivity index (χ1v) is 6.30. The van der Waals surface area contributed by atoms with Gasteiger partial charge >= 0.3 is 0 Å². The average Bonchev–Trinajstić information content (AvgIpc) is 2.39. The Labute approximate surface area is 106 Å². The minimum absolute atomic E-state index is 0.405. The molecule has 0 aliphatic carbocycles. The van der Waals surface area contributed by atoms with E-state index < -0.39 is 0 Å². The molecule has 1 aliphatic rings. The summed E-state index contributed by atoms with van der Waals surface area (Å²) in [6.45, 7) is 0. The van der Waals surface area contributed by atoms with Crippen molar-refractivity contribution in [3.8, 4) is 0 Å². The van der Waals surface area contributed by atoms with Crippen LogP contribution < -0.4 is 5.32 Å². The predicted octanol–water partition coefficient (Wildman–Crippen LogP) is 4.44. The highest BCUT2D eigenvalue weighted by Gasteiger charge is 2.18. The number of anilines is 1. The number of nitrogens with one attached hydrogen (secondary N) is 1. The van der Waals surface area contributed by atoms with E-state index in [1.807, 2.05) is 12.1 Å². The van der Waals surface area contributed by atoms with Crippen LogP contribution in [0, 0.1) is 0 Å². The van der Waals surface area contributed by atoms with E-state index in [1.54, 1.807) is 0 Å². The average molecular weight is 244 g/mol. The molecule has 0 spiro atoms. The molecule has 1 aliphatic heterocycles. The lowest BCUT2D eigenvalue weighted by molar-refractivity contribution is 0.668. The number of fused-ring (bicyclic) bond motifs is 1. The van der Waals surface area contributed by atoms with E-state index in [0.29, 0.717) is 6.04 Å². The summed E-state index contributed by atoms with van der Waals surface area (Å²) in [5.41, 5.74) is 3.99. The van der Waals surface area contributed by atoms with E-state index in [-0.39, 0.29) is 0 Å². The number of aryl methyl sites for hydroxylation is 1. The van der Waals surface area contributed by atoms with E-state index in [0.717, 1.165) is 17.9 Å². The fourth-order valence-electron chi connectivity index (χ4n) is 2.38. The maximum absolute atomic E-state index is 5.91. The van der Waals surface area contributed by atoms with Crippen LogP contribution in [0.4, 0.5) is 5.69 Å². The molecule has 0 saturated carbocycles. The molecular formula is C15H14ClN. The van der Waals surface area contributed by atoms with Crippen LogP contribution in [0.25, 0.3) is 0 Å². The monoisotopic (exact) mass is 243 g/mol. The molecule has 0 bridgehead atoms. The Kier molecular flexibility index (Phi) is 2.77. The summed E-state index contributed by atoms with van der Waals surface area (Å²) in [6, 6.07) is 17.1. The highest BCUT2D eigenvalue weighted by atomic mass is 35.5. The summed E-state index contributed by atoms with van der Waals surface area (Å²) < 4.78 is 0. The second kappa shape index (κ2) is 4.42. The second-order valence-electron chi connectivity index (χ2n) is 4.44. The lowest BCUT2D eigenvalue weighted by atomic mass is 9.93. The fourth-order valence-corrected chi connectivity index (χ4v) is 2.51. The molecule has 2 heteroatoms. The van der Waals surface area contributed by atoms with Crippen LogP contribution in [0.3, 0.4) is 0 Å². The molecule has 86 valence electrons. The first-order valence-electron chi connectivity index (χ1n) is 5.93. The SMILES string of the molecule is Clc1ccc(C2CCc3ccccc3N2)cc1. The fraction of sp³-hybridized carbons (Fsp3) is 0.200. The van der Waals surface area contributed by atoms with E-state index in [1.165, 1.54) is 16.8 Å². The van der Waals surface area contributed by atoms with Gasteiger partial charge in [-0.15, -0.1) is 0 Å². The van der Waals surface area contributed by atoms with Gasteiger partial charge < -0.3 is 5.32 Å². The van der Waals surface area contributed by atoms with Crippen LogP contribution in [0.15, 0.2) is 48.5 Å². The van der Waals surface area contributed by atoms with Crippen molar-refractivity contribution in [3.63, 3.8) is 0 Å². The molecular weight excluding hydrogens is 230 g/mol. The summed E-state index contributed by atoms with van der Waals surface area (Å²) in [4.78, 5) is 0. The van der Waals surface area contributed by atoms with Crippen LogP contribution in [0.2, 0.25) is 5.02 Å². The normalized spacial score (nSPS) is 18.3. The highest BCUT2D eigenvalue weighted by molar-refractivity contribution is 6.30. The van der Waals surface area contributed by atoms with Crippen molar-refractivity contribution in [2.45, 2.75) is 18.9 Å². The lowest BCUT2D eigenvalue weighted by Crippen LogP contribution is -2.17. The zero-order valence-electron chi connectivity index (χ0n) is 9.49. The predicted molar refractivity (Wildman–Crippen MR) is 72.6 cm³/mol. The molecule has 0 saturated heterocycles. The first-order chi connectivity index (χ1) is 8.33. The molecule has 1 N–H and O–H groups in total. The van der Waals surface area contributed by atoms with Crippen LogP contribution in [-0.2, 0) is 6.42 Å². The van der Waals surface area contributed by atoms with Gasteiger partial charge in [-0.3, -0.25) is 0 Å². The Morgan fingerprint density at radius 3 is 2.59 bits per heavy atom. The van der Waals surface area contributed by atoms with E-state index in [9.17, 15) is 0 Å². The number of hydrogen-bond acceptors (Lipinski definition) is 1. The van der Waals surface area contributed by atoms with Crippen molar-refractivity contribution in [1.29, 1.82) is 0 Å². The Bertz CT molecular complexity index is 519. The lowest BCUT2D eigenvalue weighted by Gasteiger charge is -2.27. The largest absolute Gasteiger partial charge is 0.378 e. The molecule has 3 rings (SSSR count). The van der Waals surface area contributed by atoms with Gasteiger partial charge in [-0.2, -0.15) is 0 Å². The maximum atomic E-state index is 5.91. The van der Waals surface area contributed by atoms with Gasteiger partial charge in [0.2, 0.25) is 0 Å². The van der Waals surface area contributed by atoms with Crippen LogP contribution in [-0.4, -0.2) is 0 Å². The number of hydrogen-bond donors (Lipinski definition) is 1. The van der Waals surface area contributed by atoms with Gasteiger partial charge in [0, 0.05) is 10.7 Å². The number of rotatable bonds is 1. The molecule has 0 radical (unpaired) electrons. The topological polar surface area (TPSA) is 12.0 Å². The Balaban J connectivity index is 1.86. The number of benzene rings is 2. The third-order valence-electron chi connectivity index (χ3n) is 3.32. The molecule has 17 heavy (non-hydrogen) atoms. The van der Waals surface area contributed by atoms with Crippen LogP contribution in [0.5, 0.6) is 0 Å². The third kappa shape index (κ3) is 2.16. The molecule has 1 nitrogen and oxygen atoms in total. The molecule has 1 atom stereocenters. The molecule has 0 aromatic heterocycles.